The molecule has 3 aliphatic heterocycles. The normalized spacial score (nSPS) is 19.3. The van der Waals surface area contributed by atoms with Crippen molar-refractivity contribution >= 4 is 29.3 Å². The van der Waals surface area contributed by atoms with Gasteiger partial charge in [0.15, 0.2) is 0 Å². The molecule has 2 aromatic carbocycles. The molecule has 3 aliphatic rings. The summed E-state index contributed by atoms with van der Waals surface area (Å²) in [6.07, 6.45) is 4.02. The number of ether oxygens (including phenoxy) is 1. The molecule has 3 amide bonds. The van der Waals surface area contributed by atoms with Gasteiger partial charge in [0.05, 0.1) is 29.6 Å². The number of fused-ring (bicyclic) bond motifs is 1. The lowest BCUT2D eigenvalue weighted by molar-refractivity contribution is 0.0548. The van der Waals surface area contributed by atoms with Gasteiger partial charge in [0.25, 0.3) is 5.91 Å². The zero-order valence-electron chi connectivity index (χ0n) is 19.3. The number of piperidine rings is 2. The summed E-state index contributed by atoms with van der Waals surface area (Å²) in [6, 6.07) is 13.1. The fraction of sp³-hybridized carbons (Fsp3) is 0.423. The second-order valence-corrected chi connectivity index (χ2v) is 9.19. The highest BCUT2D eigenvalue weighted by molar-refractivity contribution is 6.05. The highest BCUT2D eigenvalue weighted by atomic mass is 16.5. The standard InChI is InChI=1S/C26H29N4O4/c1-34-25(32)21-5-3-2-4-20(21)24(31)30-14-10-19(11-15-30)29-12-8-17(9-13-29)18-6-7-22-23(16-18)28-26(33)27-22/h2-7,16-17,19H,8-15H2,1H3,(H,27,33). The van der Waals surface area contributed by atoms with Crippen molar-refractivity contribution in [1.82, 2.24) is 15.1 Å². The Balaban J connectivity index is 1.15. The third-order valence-corrected chi connectivity index (χ3v) is 7.32. The SMILES string of the molecule is COC(=O)c1ccccc1C(=O)N1CCC(N2CCC(c3ccc4c(c3)[N]C(=O)N4)CC2)CC1. The first kappa shape index (κ1) is 22.4. The molecule has 2 aromatic rings. The lowest BCUT2D eigenvalue weighted by Gasteiger charge is -2.42. The van der Waals surface area contributed by atoms with Crippen LogP contribution in [-0.4, -0.2) is 67.0 Å². The molecule has 2 saturated heterocycles. The lowest BCUT2D eigenvalue weighted by atomic mass is 9.87. The van der Waals surface area contributed by atoms with Gasteiger partial charge in [-0.2, -0.15) is 5.32 Å². The summed E-state index contributed by atoms with van der Waals surface area (Å²) in [7, 11) is 1.33. The Labute approximate surface area is 199 Å². The molecule has 1 N–H and O–H groups in total. The number of hydrogen-bond donors (Lipinski definition) is 1. The van der Waals surface area contributed by atoms with Crippen LogP contribution in [0.25, 0.3) is 0 Å². The number of amides is 3. The maximum absolute atomic E-state index is 13.1. The minimum atomic E-state index is -0.485. The number of nitrogens with one attached hydrogen (secondary N) is 1. The summed E-state index contributed by atoms with van der Waals surface area (Å²) in [4.78, 5) is 41.0. The van der Waals surface area contributed by atoms with Gasteiger partial charge in [0.1, 0.15) is 0 Å². The third-order valence-electron chi connectivity index (χ3n) is 7.32. The predicted molar refractivity (Wildman–Crippen MR) is 128 cm³/mol. The summed E-state index contributed by atoms with van der Waals surface area (Å²) in [5.74, 6) is -0.112. The maximum Gasteiger partial charge on any atom is 0.346 e. The van der Waals surface area contributed by atoms with Gasteiger partial charge in [-0.05, 0) is 74.5 Å². The molecule has 0 bridgehead atoms. The number of nitrogens with zero attached hydrogens (tertiary/aromatic N) is 3. The number of rotatable bonds is 4. The minimum absolute atomic E-state index is 0.104. The Bertz CT molecular complexity index is 1100. The molecular weight excluding hydrogens is 432 g/mol. The Morgan fingerprint density at radius 3 is 2.38 bits per heavy atom. The zero-order valence-corrected chi connectivity index (χ0v) is 19.3. The summed E-state index contributed by atoms with van der Waals surface area (Å²) < 4.78 is 4.84. The maximum atomic E-state index is 13.1. The molecule has 0 aromatic heterocycles. The van der Waals surface area contributed by atoms with E-state index < -0.39 is 5.97 Å². The number of esters is 1. The molecule has 0 atom stereocenters. The van der Waals surface area contributed by atoms with Crippen LogP contribution in [0, 0.1) is 0 Å². The predicted octanol–water partition coefficient (Wildman–Crippen LogP) is 3.74. The fourth-order valence-electron chi connectivity index (χ4n) is 5.41. The Morgan fingerprint density at radius 1 is 0.971 bits per heavy atom. The molecule has 0 aliphatic carbocycles. The van der Waals surface area contributed by atoms with Crippen LogP contribution in [0.5, 0.6) is 0 Å². The van der Waals surface area contributed by atoms with Crippen molar-refractivity contribution in [3.63, 3.8) is 0 Å². The lowest BCUT2D eigenvalue weighted by Crippen LogP contribution is -2.49. The van der Waals surface area contributed by atoms with Gasteiger partial charge in [0.2, 0.25) is 0 Å². The Kier molecular flexibility index (Phi) is 6.24. The smallest absolute Gasteiger partial charge is 0.346 e. The highest BCUT2D eigenvalue weighted by Crippen LogP contribution is 2.36. The van der Waals surface area contributed by atoms with E-state index in [9.17, 15) is 14.4 Å². The van der Waals surface area contributed by atoms with Crippen molar-refractivity contribution in [3.8, 4) is 0 Å². The number of methoxy groups -OCH3 is 1. The number of anilines is 1. The Morgan fingerprint density at radius 2 is 1.68 bits per heavy atom. The van der Waals surface area contributed by atoms with Gasteiger partial charge in [-0.25, -0.2) is 9.59 Å². The van der Waals surface area contributed by atoms with Crippen LogP contribution >= 0.6 is 0 Å². The van der Waals surface area contributed by atoms with Gasteiger partial charge < -0.3 is 19.9 Å². The van der Waals surface area contributed by atoms with Crippen molar-refractivity contribution in [2.75, 3.05) is 38.6 Å². The first-order valence-corrected chi connectivity index (χ1v) is 11.9. The number of carbonyl (C=O) groups excluding carboxylic acids is 3. The number of carbonyl (C=O) groups is 3. The van der Waals surface area contributed by atoms with Gasteiger partial charge in [-0.15, -0.1) is 0 Å². The van der Waals surface area contributed by atoms with E-state index in [0.29, 0.717) is 36.2 Å². The molecule has 0 saturated carbocycles. The van der Waals surface area contributed by atoms with Crippen LogP contribution in [0.1, 0.15) is 57.9 Å². The molecule has 0 spiro atoms. The molecule has 34 heavy (non-hydrogen) atoms. The quantitative estimate of drug-likeness (QED) is 0.701. The molecule has 2 fully saturated rings. The first-order chi connectivity index (χ1) is 16.5. The van der Waals surface area contributed by atoms with E-state index in [-0.39, 0.29) is 11.9 Å². The summed E-state index contributed by atoms with van der Waals surface area (Å²) in [5.41, 5.74) is 3.52. The first-order valence-electron chi connectivity index (χ1n) is 11.9. The van der Waals surface area contributed by atoms with E-state index in [0.717, 1.165) is 50.1 Å². The molecule has 1 radical (unpaired) electrons. The zero-order chi connectivity index (χ0) is 23.7. The number of likely N-dealkylation sites (tertiary alicyclic amines) is 2. The van der Waals surface area contributed by atoms with E-state index in [2.05, 4.69) is 21.6 Å². The van der Waals surface area contributed by atoms with Crippen LogP contribution in [0.3, 0.4) is 0 Å². The minimum Gasteiger partial charge on any atom is -0.465 e. The highest BCUT2D eigenvalue weighted by Gasteiger charge is 2.32. The topological polar surface area (TPSA) is 93.1 Å². The second kappa shape index (κ2) is 9.46. The fourth-order valence-corrected chi connectivity index (χ4v) is 5.41. The van der Waals surface area contributed by atoms with Crippen molar-refractivity contribution in [1.29, 1.82) is 0 Å². The van der Waals surface area contributed by atoms with Crippen molar-refractivity contribution in [3.05, 3.63) is 59.2 Å². The average Bonchev–Trinajstić information content (AvgIpc) is 3.27. The van der Waals surface area contributed by atoms with Gasteiger partial charge in [0, 0.05) is 19.1 Å². The number of benzene rings is 2. The van der Waals surface area contributed by atoms with E-state index >= 15 is 0 Å². The summed E-state index contributed by atoms with van der Waals surface area (Å²) >= 11 is 0. The van der Waals surface area contributed by atoms with E-state index in [1.54, 1.807) is 24.3 Å². The van der Waals surface area contributed by atoms with Crippen LogP contribution in [0.2, 0.25) is 0 Å². The van der Waals surface area contributed by atoms with Crippen LogP contribution in [0.4, 0.5) is 16.2 Å². The summed E-state index contributed by atoms with van der Waals surface area (Å²) in [6.45, 7) is 3.43. The molecular formula is C26H29N4O4. The largest absolute Gasteiger partial charge is 0.465 e. The van der Waals surface area contributed by atoms with Gasteiger partial charge in [-0.3, -0.25) is 4.79 Å². The van der Waals surface area contributed by atoms with Gasteiger partial charge in [-0.1, -0.05) is 18.2 Å². The second-order valence-electron chi connectivity index (χ2n) is 9.19. The molecule has 0 unspecified atom stereocenters. The monoisotopic (exact) mass is 461 g/mol. The van der Waals surface area contributed by atoms with Crippen molar-refractivity contribution in [2.45, 2.75) is 37.6 Å². The van der Waals surface area contributed by atoms with Crippen LogP contribution < -0.4 is 10.6 Å². The summed E-state index contributed by atoms with van der Waals surface area (Å²) in [5, 5.41) is 6.79. The molecule has 3 heterocycles. The molecule has 8 heteroatoms. The van der Waals surface area contributed by atoms with Crippen LogP contribution in [0.15, 0.2) is 42.5 Å². The Hall–Kier alpha value is -3.39. The van der Waals surface area contributed by atoms with E-state index in [4.69, 9.17) is 4.74 Å². The van der Waals surface area contributed by atoms with Crippen molar-refractivity contribution < 1.29 is 19.1 Å². The average molecular weight is 462 g/mol. The number of urea groups is 1. The third kappa shape index (κ3) is 4.37. The van der Waals surface area contributed by atoms with E-state index in [1.165, 1.54) is 12.7 Å². The van der Waals surface area contributed by atoms with Gasteiger partial charge >= 0.3 is 12.0 Å². The molecule has 177 valence electrons. The molecule has 5 rings (SSSR count). The number of hydrogen-bond acceptors (Lipinski definition) is 5. The van der Waals surface area contributed by atoms with Crippen LogP contribution in [-0.2, 0) is 4.74 Å². The molecule has 8 nitrogen and oxygen atoms in total. The van der Waals surface area contributed by atoms with Crippen molar-refractivity contribution in [2.24, 2.45) is 0 Å². The van der Waals surface area contributed by atoms with E-state index in [1.807, 2.05) is 17.0 Å².